The highest BCUT2D eigenvalue weighted by Gasteiger charge is 2.08. The van der Waals surface area contributed by atoms with Gasteiger partial charge in [-0.15, -0.1) is 0 Å². The lowest BCUT2D eigenvalue weighted by atomic mass is 10.0. The Kier molecular flexibility index (Phi) is 4.69. The van der Waals surface area contributed by atoms with E-state index in [1.54, 1.807) is 6.92 Å². The van der Waals surface area contributed by atoms with Crippen molar-refractivity contribution in [3.8, 4) is 5.75 Å². The number of hydrogen-bond acceptors (Lipinski definition) is 2. The van der Waals surface area contributed by atoms with Crippen LogP contribution in [0.5, 0.6) is 5.75 Å². The van der Waals surface area contributed by atoms with Crippen molar-refractivity contribution in [3.63, 3.8) is 0 Å². The molecule has 0 unspecified atom stereocenters. The zero-order valence-corrected chi connectivity index (χ0v) is 13.5. The first kappa shape index (κ1) is 15.6. The molecule has 0 heterocycles. The van der Waals surface area contributed by atoms with Crippen molar-refractivity contribution in [1.29, 1.82) is 0 Å². The molecule has 0 aliphatic heterocycles. The Bertz CT molecular complexity index is 619. The standard InChI is InChI=1S/C19H24O2/c1-12-8-13(2)18(14(3)9-12)11-21-19-7-6-17(16(5)20)10-15(19)4/h6-10,16,20H,11H2,1-5H3/t16-/m1/s1. The maximum absolute atomic E-state index is 9.60. The third-order valence-corrected chi connectivity index (χ3v) is 3.89. The average molecular weight is 284 g/mol. The molecule has 0 bridgehead atoms. The predicted molar refractivity (Wildman–Crippen MR) is 86.8 cm³/mol. The smallest absolute Gasteiger partial charge is 0.122 e. The van der Waals surface area contributed by atoms with Gasteiger partial charge >= 0.3 is 0 Å². The van der Waals surface area contributed by atoms with Gasteiger partial charge in [0.15, 0.2) is 0 Å². The Balaban J connectivity index is 2.17. The zero-order chi connectivity index (χ0) is 15.6. The summed E-state index contributed by atoms with van der Waals surface area (Å²) in [4.78, 5) is 0. The molecule has 1 atom stereocenters. The molecule has 21 heavy (non-hydrogen) atoms. The Labute approximate surface area is 127 Å². The normalized spacial score (nSPS) is 12.3. The van der Waals surface area contributed by atoms with E-state index in [9.17, 15) is 5.11 Å². The third kappa shape index (κ3) is 3.64. The van der Waals surface area contributed by atoms with E-state index in [-0.39, 0.29) is 0 Å². The highest BCUT2D eigenvalue weighted by molar-refractivity contribution is 5.39. The first-order valence-electron chi connectivity index (χ1n) is 7.36. The van der Waals surface area contributed by atoms with Gasteiger partial charge < -0.3 is 9.84 Å². The van der Waals surface area contributed by atoms with E-state index in [4.69, 9.17) is 4.74 Å². The van der Waals surface area contributed by atoms with Gasteiger partial charge in [-0.2, -0.15) is 0 Å². The van der Waals surface area contributed by atoms with Crippen molar-refractivity contribution >= 4 is 0 Å². The maximum Gasteiger partial charge on any atom is 0.122 e. The van der Waals surface area contributed by atoms with Gasteiger partial charge in [-0.1, -0.05) is 23.8 Å². The average Bonchev–Trinajstić information content (AvgIpc) is 2.38. The highest BCUT2D eigenvalue weighted by atomic mass is 16.5. The minimum absolute atomic E-state index is 0.445. The van der Waals surface area contributed by atoms with Crippen LogP contribution in [-0.4, -0.2) is 5.11 Å². The number of rotatable bonds is 4. The molecule has 112 valence electrons. The van der Waals surface area contributed by atoms with Crippen LogP contribution in [0.25, 0.3) is 0 Å². The largest absolute Gasteiger partial charge is 0.489 e. The molecular weight excluding hydrogens is 260 g/mol. The second-order valence-corrected chi connectivity index (χ2v) is 5.87. The summed E-state index contributed by atoms with van der Waals surface area (Å²) in [6, 6.07) is 10.2. The van der Waals surface area contributed by atoms with Gasteiger partial charge in [0.25, 0.3) is 0 Å². The summed E-state index contributed by atoms with van der Waals surface area (Å²) in [5.74, 6) is 0.874. The van der Waals surface area contributed by atoms with E-state index in [2.05, 4.69) is 32.9 Å². The fourth-order valence-corrected chi connectivity index (χ4v) is 2.68. The first-order chi connectivity index (χ1) is 9.88. The fraction of sp³-hybridized carbons (Fsp3) is 0.368. The lowest BCUT2D eigenvalue weighted by Crippen LogP contribution is -2.03. The summed E-state index contributed by atoms with van der Waals surface area (Å²) < 4.78 is 5.98. The summed E-state index contributed by atoms with van der Waals surface area (Å²) in [6.45, 7) is 10.7. The molecule has 2 nitrogen and oxygen atoms in total. The second kappa shape index (κ2) is 6.31. The van der Waals surface area contributed by atoms with Crippen LogP contribution in [0.15, 0.2) is 30.3 Å². The van der Waals surface area contributed by atoms with Gasteiger partial charge in [0.1, 0.15) is 12.4 Å². The minimum atomic E-state index is -0.445. The summed E-state index contributed by atoms with van der Waals surface area (Å²) in [6.07, 6.45) is -0.445. The number of aryl methyl sites for hydroxylation is 4. The molecule has 0 aliphatic carbocycles. The van der Waals surface area contributed by atoms with E-state index in [0.29, 0.717) is 6.61 Å². The molecular formula is C19H24O2. The van der Waals surface area contributed by atoms with Gasteiger partial charge in [0.2, 0.25) is 0 Å². The van der Waals surface area contributed by atoms with Crippen molar-refractivity contribution in [2.75, 3.05) is 0 Å². The lowest BCUT2D eigenvalue weighted by Gasteiger charge is -2.15. The van der Waals surface area contributed by atoms with Gasteiger partial charge in [-0.3, -0.25) is 0 Å². The van der Waals surface area contributed by atoms with E-state index in [1.807, 2.05) is 25.1 Å². The number of hydrogen-bond donors (Lipinski definition) is 1. The van der Waals surface area contributed by atoms with Crippen LogP contribution in [0.3, 0.4) is 0 Å². The van der Waals surface area contributed by atoms with E-state index < -0.39 is 6.10 Å². The SMILES string of the molecule is Cc1cc(C)c(COc2ccc([C@@H](C)O)cc2C)c(C)c1. The van der Waals surface area contributed by atoms with Crippen LogP contribution in [0.2, 0.25) is 0 Å². The van der Waals surface area contributed by atoms with E-state index in [1.165, 1.54) is 22.3 Å². The summed E-state index contributed by atoms with van der Waals surface area (Å²) in [5.41, 5.74) is 7.04. The Hall–Kier alpha value is -1.80. The van der Waals surface area contributed by atoms with Gasteiger partial charge in [-0.05, 0) is 74.6 Å². The molecule has 2 heteroatoms. The number of benzene rings is 2. The second-order valence-electron chi connectivity index (χ2n) is 5.87. The minimum Gasteiger partial charge on any atom is -0.489 e. The molecule has 0 amide bonds. The maximum atomic E-state index is 9.60. The van der Waals surface area contributed by atoms with Crippen LogP contribution >= 0.6 is 0 Å². The first-order valence-corrected chi connectivity index (χ1v) is 7.36. The van der Waals surface area contributed by atoms with Gasteiger partial charge in [0, 0.05) is 0 Å². The van der Waals surface area contributed by atoms with Crippen molar-refractivity contribution in [1.82, 2.24) is 0 Å². The summed E-state index contributed by atoms with van der Waals surface area (Å²) >= 11 is 0. The fourth-order valence-electron chi connectivity index (χ4n) is 2.68. The van der Waals surface area contributed by atoms with E-state index >= 15 is 0 Å². The number of ether oxygens (including phenoxy) is 1. The molecule has 0 aromatic heterocycles. The van der Waals surface area contributed by atoms with Gasteiger partial charge in [0.05, 0.1) is 6.10 Å². The van der Waals surface area contributed by atoms with Crippen molar-refractivity contribution in [2.45, 2.75) is 47.3 Å². The highest BCUT2D eigenvalue weighted by Crippen LogP contribution is 2.25. The monoisotopic (exact) mass is 284 g/mol. The van der Waals surface area contributed by atoms with E-state index in [0.717, 1.165) is 16.9 Å². The van der Waals surface area contributed by atoms with Crippen LogP contribution in [-0.2, 0) is 6.61 Å². The molecule has 0 spiro atoms. The molecule has 2 aromatic rings. The molecule has 2 aromatic carbocycles. The van der Waals surface area contributed by atoms with Crippen LogP contribution in [0, 0.1) is 27.7 Å². The number of aliphatic hydroxyl groups excluding tert-OH is 1. The molecule has 1 N–H and O–H groups in total. The summed E-state index contributed by atoms with van der Waals surface area (Å²) in [7, 11) is 0. The lowest BCUT2D eigenvalue weighted by molar-refractivity contribution is 0.199. The number of aliphatic hydroxyl groups is 1. The Morgan fingerprint density at radius 1 is 0.952 bits per heavy atom. The molecule has 0 fully saturated rings. The molecule has 0 radical (unpaired) electrons. The van der Waals surface area contributed by atoms with Crippen molar-refractivity contribution in [3.05, 3.63) is 63.7 Å². The van der Waals surface area contributed by atoms with Crippen molar-refractivity contribution in [2.24, 2.45) is 0 Å². The topological polar surface area (TPSA) is 29.5 Å². The van der Waals surface area contributed by atoms with Crippen LogP contribution in [0.1, 0.15) is 46.4 Å². The quantitative estimate of drug-likeness (QED) is 0.892. The molecule has 2 rings (SSSR count). The molecule has 0 aliphatic rings. The predicted octanol–water partition coefficient (Wildman–Crippen LogP) is 4.55. The summed E-state index contributed by atoms with van der Waals surface area (Å²) in [5, 5.41) is 9.60. The zero-order valence-electron chi connectivity index (χ0n) is 13.5. The van der Waals surface area contributed by atoms with Crippen LogP contribution < -0.4 is 4.74 Å². The Morgan fingerprint density at radius 3 is 2.10 bits per heavy atom. The molecule has 0 saturated heterocycles. The Morgan fingerprint density at radius 2 is 1.57 bits per heavy atom. The van der Waals surface area contributed by atoms with Crippen molar-refractivity contribution < 1.29 is 9.84 Å². The molecule has 0 saturated carbocycles. The van der Waals surface area contributed by atoms with Crippen LogP contribution in [0.4, 0.5) is 0 Å². The third-order valence-electron chi connectivity index (χ3n) is 3.89. The van der Waals surface area contributed by atoms with Gasteiger partial charge in [-0.25, -0.2) is 0 Å².